The molecular weight excluding hydrogens is 356 g/mol. The van der Waals surface area contributed by atoms with E-state index in [9.17, 15) is 8.42 Å². The quantitative estimate of drug-likeness (QED) is 0.876. The molecule has 0 bridgehead atoms. The van der Waals surface area contributed by atoms with E-state index in [1.54, 1.807) is 4.31 Å². The Labute approximate surface area is 135 Å². The minimum absolute atomic E-state index is 0.178. The Morgan fingerprint density at radius 3 is 2.38 bits per heavy atom. The lowest BCUT2D eigenvalue weighted by Crippen LogP contribution is -2.41. The molecule has 1 fully saturated rings. The molecule has 0 saturated carbocycles. The number of sulfonamides is 1. The molecule has 1 saturated heterocycles. The molecule has 2 heterocycles. The standard InChI is InChI=1S/C14H23BrN2O3S/c1-14(2,3)10-4-6-17(7-5-10)21(18,19)12-8-11(9-16)20-13(12)15/h8,10H,4-7,9,16H2,1-3H3. The van der Waals surface area contributed by atoms with E-state index in [0.717, 1.165) is 12.8 Å². The van der Waals surface area contributed by atoms with Crippen molar-refractivity contribution >= 4 is 26.0 Å². The maximum atomic E-state index is 12.7. The molecule has 5 nitrogen and oxygen atoms in total. The van der Waals surface area contributed by atoms with E-state index in [1.807, 2.05) is 0 Å². The molecule has 0 aliphatic carbocycles. The Balaban J connectivity index is 2.17. The average Bonchev–Trinajstić information content (AvgIpc) is 2.80. The number of nitrogens with two attached hydrogens (primary N) is 1. The summed E-state index contributed by atoms with van der Waals surface area (Å²) in [5.74, 6) is 1.02. The molecule has 2 N–H and O–H groups in total. The van der Waals surface area contributed by atoms with Crippen LogP contribution in [0.15, 0.2) is 20.0 Å². The summed E-state index contributed by atoms with van der Waals surface area (Å²) < 4.78 is 32.5. The molecule has 0 radical (unpaired) electrons. The van der Waals surface area contributed by atoms with Crippen LogP contribution in [0.5, 0.6) is 0 Å². The van der Waals surface area contributed by atoms with Crippen molar-refractivity contribution in [3.63, 3.8) is 0 Å². The maximum absolute atomic E-state index is 12.7. The largest absolute Gasteiger partial charge is 0.452 e. The number of hydrogen-bond acceptors (Lipinski definition) is 4. The van der Waals surface area contributed by atoms with Gasteiger partial charge in [0, 0.05) is 19.2 Å². The van der Waals surface area contributed by atoms with E-state index >= 15 is 0 Å². The van der Waals surface area contributed by atoms with Gasteiger partial charge >= 0.3 is 0 Å². The normalized spacial score (nSPS) is 19.1. The summed E-state index contributed by atoms with van der Waals surface area (Å²) in [5, 5.41) is 0. The first kappa shape index (κ1) is 17.0. The second-order valence-electron chi connectivity index (χ2n) is 6.60. The van der Waals surface area contributed by atoms with E-state index in [1.165, 1.54) is 6.07 Å². The van der Waals surface area contributed by atoms with Crippen LogP contribution in [0.4, 0.5) is 0 Å². The number of nitrogens with zero attached hydrogens (tertiary/aromatic N) is 1. The number of rotatable bonds is 3. The van der Waals surface area contributed by atoms with Crippen molar-refractivity contribution in [3.05, 3.63) is 16.5 Å². The SMILES string of the molecule is CC(C)(C)C1CCN(S(=O)(=O)c2cc(CN)oc2Br)CC1. The van der Waals surface area contributed by atoms with Gasteiger partial charge in [0.05, 0.1) is 6.54 Å². The third kappa shape index (κ3) is 3.52. The highest BCUT2D eigenvalue weighted by atomic mass is 79.9. The minimum Gasteiger partial charge on any atom is -0.452 e. The van der Waals surface area contributed by atoms with Crippen LogP contribution < -0.4 is 5.73 Å². The average molecular weight is 379 g/mol. The highest BCUT2D eigenvalue weighted by Gasteiger charge is 2.35. The van der Waals surface area contributed by atoms with E-state index < -0.39 is 10.0 Å². The molecule has 0 atom stereocenters. The van der Waals surface area contributed by atoms with Crippen LogP contribution in [0.25, 0.3) is 0 Å². The number of hydrogen-bond donors (Lipinski definition) is 1. The van der Waals surface area contributed by atoms with Crippen molar-refractivity contribution in [2.45, 2.75) is 45.1 Å². The lowest BCUT2D eigenvalue weighted by atomic mass is 9.76. The van der Waals surface area contributed by atoms with E-state index in [-0.39, 0.29) is 21.5 Å². The van der Waals surface area contributed by atoms with Crippen LogP contribution in [-0.4, -0.2) is 25.8 Å². The fraction of sp³-hybridized carbons (Fsp3) is 0.714. The molecule has 2 rings (SSSR count). The first-order valence-electron chi connectivity index (χ1n) is 7.14. The lowest BCUT2D eigenvalue weighted by Gasteiger charge is -2.38. The van der Waals surface area contributed by atoms with Crippen molar-refractivity contribution in [1.82, 2.24) is 4.31 Å². The first-order chi connectivity index (χ1) is 9.66. The highest BCUT2D eigenvalue weighted by Crippen LogP contribution is 2.37. The van der Waals surface area contributed by atoms with Crippen molar-refractivity contribution in [3.8, 4) is 0 Å². The molecule has 1 aromatic heterocycles. The molecule has 1 aliphatic rings. The third-order valence-corrected chi connectivity index (χ3v) is 6.96. The van der Waals surface area contributed by atoms with Gasteiger partial charge in [-0.15, -0.1) is 0 Å². The van der Waals surface area contributed by atoms with Crippen LogP contribution >= 0.6 is 15.9 Å². The molecule has 1 aliphatic heterocycles. The second-order valence-corrected chi connectivity index (χ2v) is 9.23. The molecule has 21 heavy (non-hydrogen) atoms. The second kappa shape index (κ2) is 6.02. The third-order valence-electron chi connectivity index (χ3n) is 4.20. The zero-order chi connectivity index (χ0) is 15.8. The molecule has 0 spiro atoms. The number of furan rings is 1. The minimum atomic E-state index is -3.51. The van der Waals surface area contributed by atoms with E-state index in [4.69, 9.17) is 10.2 Å². The van der Waals surface area contributed by atoms with Gasteiger partial charge in [-0.3, -0.25) is 0 Å². The summed E-state index contributed by atoms with van der Waals surface area (Å²) in [6.45, 7) is 7.92. The van der Waals surface area contributed by atoms with Crippen molar-refractivity contribution < 1.29 is 12.8 Å². The van der Waals surface area contributed by atoms with Crippen molar-refractivity contribution in [2.24, 2.45) is 17.1 Å². The first-order valence-corrected chi connectivity index (χ1v) is 9.38. The summed E-state index contributed by atoms with van der Waals surface area (Å²) in [7, 11) is -3.51. The fourth-order valence-corrected chi connectivity index (χ4v) is 5.21. The monoisotopic (exact) mass is 378 g/mol. The van der Waals surface area contributed by atoms with E-state index in [2.05, 4.69) is 36.7 Å². The van der Waals surface area contributed by atoms with Crippen molar-refractivity contribution in [1.29, 1.82) is 0 Å². The van der Waals surface area contributed by atoms with Gasteiger partial charge < -0.3 is 10.2 Å². The van der Waals surface area contributed by atoms with Gasteiger partial charge in [-0.05, 0) is 40.1 Å². The molecule has 1 aromatic rings. The van der Waals surface area contributed by atoms with Gasteiger partial charge in [0.15, 0.2) is 4.67 Å². The van der Waals surface area contributed by atoms with Gasteiger partial charge in [0.2, 0.25) is 10.0 Å². The van der Waals surface area contributed by atoms with Crippen LogP contribution in [0.3, 0.4) is 0 Å². The zero-order valence-electron chi connectivity index (χ0n) is 12.7. The fourth-order valence-electron chi connectivity index (χ4n) is 2.78. The molecule has 0 aromatic carbocycles. The Morgan fingerprint density at radius 2 is 1.95 bits per heavy atom. The van der Waals surface area contributed by atoms with Gasteiger partial charge in [0.25, 0.3) is 0 Å². The Hall–Kier alpha value is -0.370. The van der Waals surface area contributed by atoms with Crippen LogP contribution in [0.1, 0.15) is 39.4 Å². The van der Waals surface area contributed by atoms with Crippen LogP contribution in [0.2, 0.25) is 0 Å². The predicted octanol–water partition coefficient (Wildman–Crippen LogP) is 2.95. The van der Waals surface area contributed by atoms with Gasteiger partial charge in [-0.25, -0.2) is 8.42 Å². The molecule has 120 valence electrons. The summed E-state index contributed by atoms with van der Waals surface area (Å²) in [6.07, 6.45) is 1.78. The topological polar surface area (TPSA) is 76.5 Å². The summed E-state index contributed by atoms with van der Waals surface area (Å²) >= 11 is 3.18. The zero-order valence-corrected chi connectivity index (χ0v) is 15.1. The van der Waals surface area contributed by atoms with Gasteiger partial charge in [0.1, 0.15) is 10.7 Å². The smallest absolute Gasteiger partial charge is 0.247 e. The van der Waals surface area contributed by atoms with Gasteiger partial charge in [-0.2, -0.15) is 4.31 Å². The molecule has 0 unspecified atom stereocenters. The summed E-state index contributed by atoms with van der Waals surface area (Å²) in [6, 6.07) is 1.51. The summed E-state index contributed by atoms with van der Waals surface area (Å²) in [5.41, 5.74) is 5.72. The Morgan fingerprint density at radius 1 is 1.38 bits per heavy atom. The molecule has 0 amide bonds. The predicted molar refractivity (Wildman–Crippen MR) is 85.2 cm³/mol. The maximum Gasteiger partial charge on any atom is 0.247 e. The highest BCUT2D eigenvalue weighted by molar-refractivity contribution is 9.10. The summed E-state index contributed by atoms with van der Waals surface area (Å²) in [4.78, 5) is 0.178. The molecular formula is C14H23BrN2O3S. The lowest BCUT2D eigenvalue weighted by molar-refractivity contribution is 0.154. The Bertz CT molecular complexity index is 596. The number of halogens is 1. The molecule has 7 heteroatoms. The Kier molecular flexibility index (Phi) is 4.87. The van der Waals surface area contributed by atoms with Crippen molar-refractivity contribution in [2.75, 3.05) is 13.1 Å². The van der Waals surface area contributed by atoms with Crippen LogP contribution in [0, 0.1) is 11.3 Å². The van der Waals surface area contributed by atoms with Crippen LogP contribution in [-0.2, 0) is 16.6 Å². The van der Waals surface area contributed by atoms with E-state index in [0.29, 0.717) is 24.8 Å². The number of piperidine rings is 1. The van der Waals surface area contributed by atoms with Gasteiger partial charge in [-0.1, -0.05) is 20.8 Å².